The summed E-state index contributed by atoms with van der Waals surface area (Å²) in [5.74, 6) is 2.55. The van der Waals surface area contributed by atoms with Gasteiger partial charge in [0, 0.05) is 24.4 Å². The molecule has 4 aliphatic rings. The van der Waals surface area contributed by atoms with Crippen molar-refractivity contribution < 1.29 is 9.59 Å². The zero-order valence-corrected chi connectivity index (χ0v) is 17.1. The second-order valence-electron chi connectivity index (χ2n) is 9.93. The molecule has 5 heteroatoms. The fourth-order valence-corrected chi connectivity index (χ4v) is 6.22. The van der Waals surface area contributed by atoms with Crippen LogP contribution in [0, 0.1) is 29.1 Å². The summed E-state index contributed by atoms with van der Waals surface area (Å²) in [6.45, 7) is 4.63. The van der Waals surface area contributed by atoms with E-state index in [0.717, 1.165) is 42.6 Å². The molecule has 4 fully saturated rings. The van der Waals surface area contributed by atoms with Crippen LogP contribution in [0.2, 0.25) is 0 Å². The molecule has 0 aliphatic heterocycles. The average Bonchev–Trinajstić information content (AvgIpc) is 2.65. The first kappa shape index (κ1) is 19.4. The van der Waals surface area contributed by atoms with Gasteiger partial charge in [-0.15, -0.1) is 0 Å². The third kappa shape index (κ3) is 4.08. The smallest absolute Gasteiger partial charge is 0.242 e. The van der Waals surface area contributed by atoms with Crippen LogP contribution in [0.15, 0.2) is 24.5 Å². The van der Waals surface area contributed by atoms with Gasteiger partial charge in [0.1, 0.15) is 6.04 Å². The van der Waals surface area contributed by atoms with Crippen LogP contribution in [0.4, 0.5) is 0 Å². The molecule has 4 saturated carbocycles. The van der Waals surface area contributed by atoms with Crippen LogP contribution in [-0.4, -0.2) is 22.8 Å². The number of nitrogens with zero attached hydrogens (tertiary/aromatic N) is 1. The van der Waals surface area contributed by atoms with Crippen LogP contribution in [0.5, 0.6) is 0 Å². The molecular weight excluding hydrogens is 350 g/mol. The van der Waals surface area contributed by atoms with Crippen LogP contribution < -0.4 is 10.6 Å². The highest BCUT2D eigenvalue weighted by atomic mass is 16.2. The molecule has 0 spiro atoms. The van der Waals surface area contributed by atoms with Crippen LogP contribution in [-0.2, 0) is 16.1 Å². The Labute approximate surface area is 168 Å². The molecule has 0 radical (unpaired) electrons. The van der Waals surface area contributed by atoms with Gasteiger partial charge >= 0.3 is 0 Å². The topological polar surface area (TPSA) is 71.1 Å². The van der Waals surface area contributed by atoms with Gasteiger partial charge in [0.05, 0.1) is 0 Å². The summed E-state index contributed by atoms with van der Waals surface area (Å²) in [5.41, 5.74) is 0.750. The summed E-state index contributed by atoms with van der Waals surface area (Å²) in [7, 11) is 0. The summed E-state index contributed by atoms with van der Waals surface area (Å²) in [5, 5.41) is 6.16. The normalized spacial score (nSPS) is 31.6. The van der Waals surface area contributed by atoms with Gasteiger partial charge in [0.25, 0.3) is 0 Å². The van der Waals surface area contributed by atoms with Gasteiger partial charge in [0.15, 0.2) is 0 Å². The molecule has 2 amide bonds. The predicted octanol–water partition coefficient (Wildman–Crippen LogP) is 3.45. The highest BCUT2D eigenvalue weighted by Gasteiger charge is 2.54. The van der Waals surface area contributed by atoms with E-state index in [1.54, 1.807) is 12.4 Å². The molecule has 1 aromatic heterocycles. The van der Waals surface area contributed by atoms with Crippen molar-refractivity contribution in [1.82, 2.24) is 15.6 Å². The minimum atomic E-state index is -0.461. The van der Waals surface area contributed by atoms with E-state index in [4.69, 9.17) is 0 Å². The van der Waals surface area contributed by atoms with Gasteiger partial charge in [-0.1, -0.05) is 19.9 Å². The number of carbonyl (C=O) groups excluding carboxylic acids is 2. The van der Waals surface area contributed by atoms with Gasteiger partial charge in [-0.2, -0.15) is 0 Å². The molecule has 4 aliphatic carbocycles. The molecule has 5 nitrogen and oxygen atoms in total. The molecule has 0 aromatic carbocycles. The molecular formula is C23H33N3O2. The Morgan fingerprint density at radius 2 is 1.79 bits per heavy atom. The van der Waals surface area contributed by atoms with Crippen LogP contribution in [0.1, 0.15) is 64.4 Å². The van der Waals surface area contributed by atoms with Crippen molar-refractivity contribution in [2.24, 2.45) is 29.1 Å². The Balaban J connectivity index is 1.41. The number of pyridine rings is 1. The Morgan fingerprint density at radius 3 is 2.32 bits per heavy atom. The standard InChI is InChI=1S/C23H33N3O2/c1-15(2)6-20(21(27)25-14-16-4-3-5-24-13-16)26-22(28)23-10-17-7-18(11-23)9-19(8-17)12-23/h3-5,13,15,17-20H,6-12,14H2,1-2H3,(H,25,27)(H,26,28)/t17?,18?,19?,20-,23?/m1/s1. The molecule has 1 heterocycles. The van der Waals surface area contributed by atoms with Crippen molar-refractivity contribution in [3.8, 4) is 0 Å². The number of aromatic nitrogens is 1. The van der Waals surface area contributed by atoms with Gasteiger partial charge in [0.2, 0.25) is 11.8 Å². The summed E-state index contributed by atoms with van der Waals surface area (Å²) in [6, 6.07) is 3.35. The maximum atomic E-state index is 13.4. The van der Waals surface area contributed by atoms with Gasteiger partial charge in [-0.05, 0) is 80.2 Å². The number of rotatable bonds is 7. The van der Waals surface area contributed by atoms with Crippen molar-refractivity contribution >= 4 is 11.8 Å². The fourth-order valence-electron chi connectivity index (χ4n) is 6.22. The minimum absolute atomic E-state index is 0.0874. The van der Waals surface area contributed by atoms with Crippen molar-refractivity contribution in [3.05, 3.63) is 30.1 Å². The number of nitrogens with one attached hydrogen (secondary N) is 2. The monoisotopic (exact) mass is 383 g/mol. The maximum absolute atomic E-state index is 13.4. The summed E-state index contributed by atoms with van der Waals surface area (Å²) >= 11 is 0. The number of hydrogen-bond donors (Lipinski definition) is 2. The first-order chi connectivity index (χ1) is 13.4. The number of carbonyl (C=O) groups is 2. The lowest BCUT2D eigenvalue weighted by Gasteiger charge is -2.55. The van der Waals surface area contributed by atoms with E-state index in [2.05, 4.69) is 29.5 Å². The summed E-state index contributed by atoms with van der Waals surface area (Å²) in [4.78, 5) is 30.3. The lowest BCUT2D eigenvalue weighted by atomic mass is 9.49. The van der Waals surface area contributed by atoms with Crippen molar-refractivity contribution in [2.45, 2.75) is 71.4 Å². The maximum Gasteiger partial charge on any atom is 0.242 e. The Morgan fingerprint density at radius 1 is 1.14 bits per heavy atom. The van der Waals surface area contributed by atoms with E-state index in [-0.39, 0.29) is 17.2 Å². The fraction of sp³-hybridized carbons (Fsp3) is 0.696. The third-order valence-electron chi connectivity index (χ3n) is 7.04. The van der Waals surface area contributed by atoms with E-state index in [1.807, 2.05) is 12.1 Å². The third-order valence-corrected chi connectivity index (χ3v) is 7.04. The second-order valence-corrected chi connectivity index (χ2v) is 9.93. The SMILES string of the molecule is CC(C)C[C@@H](NC(=O)C12CC3CC(CC(C3)C1)C2)C(=O)NCc1cccnc1. The Hall–Kier alpha value is -1.91. The molecule has 5 rings (SSSR count). The summed E-state index contributed by atoms with van der Waals surface area (Å²) in [6.07, 6.45) is 11.2. The first-order valence-electron chi connectivity index (χ1n) is 10.9. The minimum Gasteiger partial charge on any atom is -0.350 e. The van der Waals surface area contributed by atoms with Crippen molar-refractivity contribution in [1.29, 1.82) is 0 Å². The van der Waals surface area contributed by atoms with E-state index < -0.39 is 6.04 Å². The number of amides is 2. The highest BCUT2D eigenvalue weighted by Crippen LogP contribution is 2.60. The lowest BCUT2D eigenvalue weighted by molar-refractivity contribution is -0.148. The molecule has 1 atom stereocenters. The van der Waals surface area contributed by atoms with E-state index in [0.29, 0.717) is 18.9 Å². The van der Waals surface area contributed by atoms with Crippen LogP contribution in [0.3, 0.4) is 0 Å². The molecule has 0 saturated heterocycles. The zero-order chi connectivity index (χ0) is 19.7. The number of hydrogen-bond acceptors (Lipinski definition) is 3. The Kier molecular flexibility index (Phi) is 5.44. The zero-order valence-electron chi connectivity index (χ0n) is 17.1. The van der Waals surface area contributed by atoms with Gasteiger partial charge in [-0.3, -0.25) is 14.6 Å². The highest BCUT2D eigenvalue weighted by molar-refractivity contribution is 5.90. The lowest BCUT2D eigenvalue weighted by Crippen LogP contribution is -2.57. The largest absolute Gasteiger partial charge is 0.350 e. The van der Waals surface area contributed by atoms with Gasteiger partial charge in [-0.25, -0.2) is 0 Å². The van der Waals surface area contributed by atoms with Crippen LogP contribution >= 0.6 is 0 Å². The van der Waals surface area contributed by atoms with Crippen molar-refractivity contribution in [2.75, 3.05) is 0 Å². The molecule has 1 aromatic rings. The molecule has 28 heavy (non-hydrogen) atoms. The first-order valence-corrected chi connectivity index (χ1v) is 10.9. The average molecular weight is 384 g/mol. The molecule has 0 unspecified atom stereocenters. The van der Waals surface area contributed by atoms with E-state index >= 15 is 0 Å². The van der Waals surface area contributed by atoms with E-state index in [9.17, 15) is 9.59 Å². The molecule has 152 valence electrons. The van der Waals surface area contributed by atoms with Crippen LogP contribution in [0.25, 0.3) is 0 Å². The Bertz CT molecular complexity index is 681. The van der Waals surface area contributed by atoms with E-state index in [1.165, 1.54) is 19.3 Å². The summed E-state index contributed by atoms with van der Waals surface area (Å²) < 4.78 is 0. The molecule has 4 bridgehead atoms. The quantitative estimate of drug-likeness (QED) is 0.758. The van der Waals surface area contributed by atoms with Crippen molar-refractivity contribution in [3.63, 3.8) is 0 Å². The van der Waals surface area contributed by atoms with Gasteiger partial charge < -0.3 is 10.6 Å². The molecule has 2 N–H and O–H groups in total. The predicted molar refractivity (Wildman–Crippen MR) is 108 cm³/mol. The second kappa shape index (κ2) is 7.84.